The standard InChI is InChI=1S/C24H20ClNO4/c25-18-11-12-20-19(13-18)23(17-9-5-2-6-10-17)30-21(14-22(27)28)24(29)26(20)15-16-7-3-1-4-8-16/h1-13,21,23H,14-15H2,(H,27,28). The van der Waals surface area contributed by atoms with Crippen LogP contribution in [-0.4, -0.2) is 23.1 Å². The number of hydrogen-bond donors (Lipinski definition) is 1. The first kappa shape index (κ1) is 20.1. The van der Waals surface area contributed by atoms with Crippen molar-refractivity contribution in [1.29, 1.82) is 0 Å². The van der Waals surface area contributed by atoms with Crippen LogP contribution < -0.4 is 4.90 Å². The molecule has 0 aromatic heterocycles. The summed E-state index contributed by atoms with van der Waals surface area (Å²) in [4.78, 5) is 26.5. The minimum Gasteiger partial charge on any atom is -0.481 e. The third-order valence-electron chi connectivity index (χ3n) is 5.05. The lowest BCUT2D eigenvalue weighted by molar-refractivity contribution is -0.146. The molecule has 1 heterocycles. The Kier molecular flexibility index (Phi) is 5.84. The molecule has 0 fully saturated rings. The molecule has 6 heteroatoms. The van der Waals surface area contributed by atoms with Crippen LogP contribution in [0, 0.1) is 0 Å². The highest BCUT2D eigenvalue weighted by atomic mass is 35.5. The number of nitrogens with zero attached hydrogens (tertiary/aromatic N) is 1. The van der Waals surface area contributed by atoms with Crippen molar-refractivity contribution in [2.24, 2.45) is 0 Å². The fourth-order valence-electron chi connectivity index (χ4n) is 3.68. The van der Waals surface area contributed by atoms with Gasteiger partial charge >= 0.3 is 5.97 Å². The Morgan fingerprint density at radius 3 is 2.33 bits per heavy atom. The van der Waals surface area contributed by atoms with Gasteiger partial charge in [-0.15, -0.1) is 0 Å². The van der Waals surface area contributed by atoms with Gasteiger partial charge < -0.3 is 14.7 Å². The quantitative estimate of drug-likeness (QED) is 0.640. The first-order valence-electron chi connectivity index (χ1n) is 9.60. The average molecular weight is 422 g/mol. The Morgan fingerprint density at radius 1 is 1.00 bits per heavy atom. The molecule has 0 saturated heterocycles. The Morgan fingerprint density at radius 2 is 1.67 bits per heavy atom. The molecule has 3 aromatic carbocycles. The number of carboxylic acids is 1. The molecule has 1 aliphatic rings. The number of rotatable bonds is 5. The molecule has 2 atom stereocenters. The van der Waals surface area contributed by atoms with Gasteiger partial charge in [-0.3, -0.25) is 9.59 Å². The number of carbonyl (C=O) groups excluding carboxylic acids is 1. The molecule has 3 aromatic rings. The zero-order chi connectivity index (χ0) is 21.1. The highest BCUT2D eigenvalue weighted by Gasteiger charge is 2.37. The number of amides is 1. The minimum absolute atomic E-state index is 0.301. The molecule has 1 amide bonds. The van der Waals surface area contributed by atoms with Crippen molar-refractivity contribution in [2.75, 3.05) is 4.90 Å². The third kappa shape index (κ3) is 4.22. The van der Waals surface area contributed by atoms with E-state index < -0.39 is 24.6 Å². The molecule has 152 valence electrons. The van der Waals surface area contributed by atoms with E-state index in [2.05, 4.69) is 0 Å². The Labute approximate surface area is 179 Å². The van der Waals surface area contributed by atoms with Gasteiger partial charge in [0.15, 0.2) is 0 Å². The fourth-order valence-corrected chi connectivity index (χ4v) is 3.86. The number of carbonyl (C=O) groups is 2. The van der Waals surface area contributed by atoms with Crippen LogP contribution in [0.4, 0.5) is 5.69 Å². The Hall–Kier alpha value is -3.15. The van der Waals surface area contributed by atoms with Gasteiger partial charge in [0.05, 0.1) is 18.7 Å². The topological polar surface area (TPSA) is 66.8 Å². The fraction of sp³-hybridized carbons (Fsp3) is 0.167. The number of fused-ring (bicyclic) bond motifs is 1. The highest BCUT2D eigenvalue weighted by molar-refractivity contribution is 6.30. The van der Waals surface area contributed by atoms with E-state index >= 15 is 0 Å². The van der Waals surface area contributed by atoms with Gasteiger partial charge in [-0.05, 0) is 29.3 Å². The summed E-state index contributed by atoms with van der Waals surface area (Å²) < 4.78 is 6.14. The van der Waals surface area contributed by atoms with Gasteiger partial charge in [-0.2, -0.15) is 0 Å². The maximum Gasteiger partial charge on any atom is 0.306 e. The summed E-state index contributed by atoms with van der Waals surface area (Å²) in [6.07, 6.45) is -2.16. The largest absolute Gasteiger partial charge is 0.481 e. The Bertz CT molecular complexity index is 1060. The first-order valence-corrected chi connectivity index (χ1v) is 9.97. The molecule has 0 saturated carbocycles. The lowest BCUT2D eigenvalue weighted by atomic mass is 9.99. The van der Waals surface area contributed by atoms with Crippen LogP contribution in [0.15, 0.2) is 78.9 Å². The second-order valence-corrected chi connectivity index (χ2v) is 7.56. The maximum absolute atomic E-state index is 13.4. The molecule has 0 radical (unpaired) electrons. The average Bonchev–Trinajstić information content (AvgIpc) is 2.85. The molecule has 0 aliphatic carbocycles. The van der Waals surface area contributed by atoms with Crippen LogP contribution in [-0.2, 0) is 20.9 Å². The molecule has 30 heavy (non-hydrogen) atoms. The third-order valence-corrected chi connectivity index (χ3v) is 5.29. The van der Waals surface area contributed by atoms with Crippen LogP contribution in [0.5, 0.6) is 0 Å². The molecular formula is C24H20ClNO4. The van der Waals surface area contributed by atoms with E-state index in [0.717, 1.165) is 16.7 Å². The number of ether oxygens (including phenoxy) is 1. The predicted molar refractivity (Wildman–Crippen MR) is 114 cm³/mol. The summed E-state index contributed by atoms with van der Waals surface area (Å²) >= 11 is 6.29. The first-order chi connectivity index (χ1) is 14.5. The van der Waals surface area contributed by atoms with Crippen LogP contribution in [0.2, 0.25) is 5.02 Å². The summed E-state index contributed by atoms with van der Waals surface area (Å²) in [7, 11) is 0. The highest BCUT2D eigenvalue weighted by Crippen LogP contribution is 2.40. The van der Waals surface area contributed by atoms with Crippen molar-refractivity contribution in [3.05, 3.63) is 101 Å². The number of hydrogen-bond acceptors (Lipinski definition) is 3. The molecule has 0 bridgehead atoms. The summed E-state index contributed by atoms with van der Waals surface area (Å²) in [6, 6.07) is 24.3. The van der Waals surface area contributed by atoms with Crippen molar-refractivity contribution < 1.29 is 19.4 Å². The molecule has 1 N–H and O–H groups in total. The van der Waals surface area contributed by atoms with Gasteiger partial charge in [0.2, 0.25) is 0 Å². The summed E-state index contributed by atoms with van der Waals surface area (Å²) in [6.45, 7) is 0.301. The summed E-state index contributed by atoms with van der Waals surface area (Å²) in [5.74, 6) is -1.48. The lowest BCUT2D eigenvalue weighted by Crippen LogP contribution is -2.40. The van der Waals surface area contributed by atoms with Crippen molar-refractivity contribution in [3.63, 3.8) is 0 Å². The SMILES string of the molecule is O=C(O)CC1OC(c2ccccc2)c2cc(Cl)ccc2N(Cc2ccccc2)C1=O. The predicted octanol–water partition coefficient (Wildman–Crippen LogP) is 4.84. The van der Waals surface area contributed by atoms with Gasteiger partial charge in [0, 0.05) is 10.6 Å². The second kappa shape index (κ2) is 8.69. The smallest absolute Gasteiger partial charge is 0.306 e. The van der Waals surface area contributed by atoms with E-state index in [1.807, 2.05) is 60.7 Å². The molecule has 4 rings (SSSR count). The van der Waals surface area contributed by atoms with E-state index in [1.54, 1.807) is 23.1 Å². The maximum atomic E-state index is 13.4. The number of halogens is 1. The van der Waals surface area contributed by atoms with Gasteiger partial charge in [0.1, 0.15) is 12.2 Å². The van der Waals surface area contributed by atoms with Gasteiger partial charge in [-0.1, -0.05) is 72.3 Å². The number of benzene rings is 3. The summed E-state index contributed by atoms with van der Waals surface area (Å²) in [5, 5.41) is 9.91. The van der Waals surface area contributed by atoms with Crippen molar-refractivity contribution in [3.8, 4) is 0 Å². The van der Waals surface area contributed by atoms with Gasteiger partial charge in [-0.25, -0.2) is 0 Å². The monoisotopic (exact) mass is 421 g/mol. The van der Waals surface area contributed by atoms with E-state index in [4.69, 9.17) is 16.3 Å². The number of carboxylic acid groups (broad SMARTS) is 1. The minimum atomic E-state index is -1.12. The number of aliphatic carboxylic acids is 1. The Balaban J connectivity index is 1.85. The van der Waals surface area contributed by atoms with E-state index in [-0.39, 0.29) is 5.91 Å². The van der Waals surface area contributed by atoms with E-state index in [9.17, 15) is 14.7 Å². The molecule has 1 aliphatic heterocycles. The zero-order valence-corrected chi connectivity index (χ0v) is 16.8. The van der Waals surface area contributed by atoms with Crippen molar-refractivity contribution in [2.45, 2.75) is 25.2 Å². The summed E-state index contributed by atoms with van der Waals surface area (Å²) in [5.41, 5.74) is 3.14. The van der Waals surface area contributed by atoms with Crippen LogP contribution in [0.3, 0.4) is 0 Å². The van der Waals surface area contributed by atoms with Crippen LogP contribution in [0.25, 0.3) is 0 Å². The van der Waals surface area contributed by atoms with Crippen molar-refractivity contribution >= 4 is 29.2 Å². The molecule has 2 unspecified atom stereocenters. The van der Waals surface area contributed by atoms with E-state index in [0.29, 0.717) is 17.3 Å². The van der Waals surface area contributed by atoms with E-state index in [1.165, 1.54) is 0 Å². The lowest BCUT2D eigenvalue weighted by Gasteiger charge is -2.25. The van der Waals surface area contributed by atoms with Crippen LogP contribution >= 0.6 is 11.6 Å². The normalized spacial score (nSPS) is 18.6. The van der Waals surface area contributed by atoms with Crippen molar-refractivity contribution in [1.82, 2.24) is 0 Å². The van der Waals surface area contributed by atoms with Gasteiger partial charge in [0.25, 0.3) is 5.91 Å². The zero-order valence-electron chi connectivity index (χ0n) is 16.1. The van der Waals surface area contributed by atoms with Crippen LogP contribution in [0.1, 0.15) is 29.2 Å². The second-order valence-electron chi connectivity index (χ2n) is 7.13. The molecule has 0 spiro atoms. The molecular weight excluding hydrogens is 402 g/mol. The number of anilines is 1. The molecule has 5 nitrogen and oxygen atoms in total.